The van der Waals surface area contributed by atoms with Crippen LogP contribution < -0.4 is 0 Å². The molecule has 2 fully saturated rings. The van der Waals surface area contributed by atoms with Gasteiger partial charge < -0.3 is 9.47 Å². The first kappa shape index (κ1) is 14.3. The lowest BCUT2D eigenvalue weighted by Gasteiger charge is -2.44. The molecule has 2 heterocycles. The van der Waals surface area contributed by atoms with E-state index in [9.17, 15) is 0 Å². The molecule has 2 atom stereocenters. The van der Waals surface area contributed by atoms with Crippen LogP contribution in [0.2, 0.25) is 0 Å². The monoisotopic (exact) mass is 254 g/mol. The Bertz CT molecular complexity index is 273. The van der Waals surface area contributed by atoms with Gasteiger partial charge in [-0.05, 0) is 36.0 Å². The van der Waals surface area contributed by atoms with Crippen LogP contribution in [0.25, 0.3) is 0 Å². The van der Waals surface area contributed by atoms with Crippen LogP contribution in [0.3, 0.4) is 0 Å². The van der Waals surface area contributed by atoms with Crippen molar-refractivity contribution in [3.63, 3.8) is 0 Å². The van der Waals surface area contributed by atoms with Crippen LogP contribution in [0.15, 0.2) is 0 Å². The van der Waals surface area contributed by atoms with Crippen molar-refractivity contribution < 1.29 is 9.47 Å². The Balaban J connectivity index is 1.89. The highest BCUT2D eigenvalue weighted by Crippen LogP contribution is 2.42. The van der Waals surface area contributed by atoms with E-state index >= 15 is 0 Å². The predicted octanol–water partition coefficient (Wildman–Crippen LogP) is 3.89. The standard InChI is InChI=1S/C16H30O2/c1-15(2,3)12-6-7-18-14(8-12)9-16(4,5)13-10-17-11-13/h12-14H,6-11H2,1-5H3. The van der Waals surface area contributed by atoms with Gasteiger partial charge in [-0.15, -0.1) is 0 Å². The Morgan fingerprint density at radius 1 is 1.00 bits per heavy atom. The molecule has 0 aromatic carbocycles. The second-order valence-electron chi connectivity index (χ2n) is 8.01. The molecule has 2 unspecified atom stereocenters. The van der Waals surface area contributed by atoms with Crippen molar-refractivity contribution in [1.82, 2.24) is 0 Å². The van der Waals surface area contributed by atoms with Gasteiger partial charge in [-0.25, -0.2) is 0 Å². The summed E-state index contributed by atoms with van der Waals surface area (Å²) in [5.41, 5.74) is 0.786. The highest BCUT2D eigenvalue weighted by Gasteiger charge is 2.39. The predicted molar refractivity (Wildman–Crippen MR) is 74.6 cm³/mol. The summed E-state index contributed by atoms with van der Waals surface area (Å²) >= 11 is 0. The molecule has 2 saturated heterocycles. The molecule has 0 aliphatic carbocycles. The van der Waals surface area contributed by atoms with Gasteiger partial charge in [-0.1, -0.05) is 34.6 Å². The molecule has 2 rings (SSSR count). The van der Waals surface area contributed by atoms with Crippen LogP contribution in [0.5, 0.6) is 0 Å². The van der Waals surface area contributed by atoms with Crippen molar-refractivity contribution in [2.75, 3.05) is 19.8 Å². The van der Waals surface area contributed by atoms with Gasteiger partial charge >= 0.3 is 0 Å². The normalized spacial score (nSPS) is 31.2. The Morgan fingerprint density at radius 2 is 1.67 bits per heavy atom. The minimum absolute atomic E-state index is 0.364. The second-order valence-corrected chi connectivity index (χ2v) is 8.01. The molecule has 0 saturated carbocycles. The van der Waals surface area contributed by atoms with E-state index in [1.165, 1.54) is 19.3 Å². The fourth-order valence-electron chi connectivity index (χ4n) is 3.25. The fourth-order valence-corrected chi connectivity index (χ4v) is 3.25. The molecule has 0 aromatic rings. The Kier molecular flexibility index (Phi) is 4.08. The van der Waals surface area contributed by atoms with Gasteiger partial charge in [0.25, 0.3) is 0 Å². The summed E-state index contributed by atoms with van der Waals surface area (Å²) in [5.74, 6) is 1.54. The van der Waals surface area contributed by atoms with Gasteiger partial charge in [0.2, 0.25) is 0 Å². The van der Waals surface area contributed by atoms with Gasteiger partial charge in [0.1, 0.15) is 0 Å². The van der Waals surface area contributed by atoms with E-state index < -0.39 is 0 Å². The molecule has 2 nitrogen and oxygen atoms in total. The first-order valence-electron chi connectivity index (χ1n) is 7.48. The van der Waals surface area contributed by atoms with Crippen molar-refractivity contribution in [2.45, 2.75) is 60.0 Å². The Hall–Kier alpha value is -0.0800. The fraction of sp³-hybridized carbons (Fsp3) is 1.00. The first-order chi connectivity index (χ1) is 8.29. The smallest absolute Gasteiger partial charge is 0.0583 e. The van der Waals surface area contributed by atoms with E-state index in [4.69, 9.17) is 9.47 Å². The third-order valence-corrected chi connectivity index (χ3v) is 5.09. The van der Waals surface area contributed by atoms with Crippen LogP contribution in [0.1, 0.15) is 53.9 Å². The number of hydrogen-bond acceptors (Lipinski definition) is 2. The Labute approximate surface area is 112 Å². The maximum atomic E-state index is 6.02. The van der Waals surface area contributed by atoms with Crippen molar-refractivity contribution >= 4 is 0 Å². The summed E-state index contributed by atoms with van der Waals surface area (Å²) in [4.78, 5) is 0. The zero-order valence-corrected chi connectivity index (χ0v) is 12.8. The largest absolute Gasteiger partial charge is 0.381 e. The first-order valence-corrected chi connectivity index (χ1v) is 7.48. The van der Waals surface area contributed by atoms with E-state index in [1.54, 1.807) is 0 Å². The summed E-state index contributed by atoms with van der Waals surface area (Å²) in [5, 5.41) is 0. The molecule has 106 valence electrons. The molecule has 2 aliphatic rings. The van der Waals surface area contributed by atoms with E-state index in [0.717, 1.165) is 31.7 Å². The van der Waals surface area contributed by atoms with Crippen LogP contribution in [-0.4, -0.2) is 25.9 Å². The average Bonchev–Trinajstić information content (AvgIpc) is 2.11. The zero-order valence-electron chi connectivity index (χ0n) is 12.8. The summed E-state index contributed by atoms with van der Waals surface area (Å²) in [6.45, 7) is 14.7. The maximum absolute atomic E-state index is 6.02. The summed E-state index contributed by atoms with van der Waals surface area (Å²) < 4.78 is 11.4. The van der Waals surface area contributed by atoms with Gasteiger partial charge in [-0.2, -0.15) is 0 Å². The minimum atomic E-state index is 0.364. The molecule has 0 amide bonds. The number of hydrogen-bond donors (Lipinski definition) is 0. The molecule has 0 spiro atoms. The van der Waals surface area contributed by atoms with Crippen molar-refractivity contribution in [2.24, 2.45) is 22.7 Å². The van der Waals surface area contributed by atoms with Crippen LogP contribution >= 0.6 is 0 Å². The van der Waals surface area contributed by atoms with Crippen LogP contribution in [0.4, 0.5) is 0 Å². The molecular formula is C16H30O2. The molecule has 2 heteroatoms. The van der Waals surface area contributed by atoms with E-state index in [1.807, 2.05) is 0 Å². The summed E-state index contributed by atoms with van der Waals surface area (Å²) in [7, 11) is 0. The zero-order chi connectivity index (χ0) is 13.4. The molecule has 2 aliphatic heterocycles. The number of rotatable bonds is 3. The minimum Gasteiger partial charge on any atom is -0.381 e. The highest BCUT2D eigenvalue weighted by atomic mass is 16.5. The third kappa shape index (κ3) is 3.27. The molecule has 0 N–H and O–H groups in total. The maximum Gasteiger partial charge on any atom is 0.0583 e. The SMILES string of the molecule is CC(C)(C)C1CCOC(CC(C)(C)C2COC2)C1. The van der Waals surface area contributed by atoms with E-state index in [-0.39, 0.29) is 0 Å². The lowest BCUT2D eigenvalue weighted by atomic mass is 9.69. The van der Waals surface area contributed by atoms with Crippen molar-refractivity contribution in [3.8, 4) is 0 Å². The molecule has 0 bridgehead atoms. The Morgan fingerprint density at radius 3 is 2.17 bits per heavy atom. The lowest BCUT2D eigenvalue weighted by molar-refractivity contribution is -0.116. The van der Waals surface area contributed by atoms with Gasteiger partial charge in [0.15, 0.2) is 0 Å². The molecular weight excluding hydrogens is 224 g/mol. The summed E-state index contributed by atoms with van der Waals surface area (Å²) in [6.07, 6.45) is 4.11. The second kappa shape index (κ2) is 5.13. The average molecular weight is 254 g/mol. The molecule has 0 radical (unpaired) electrons. The lowest BCUT2D eigenvalue weighted by Crippen LogP contribution is -2.43. The number of ether oxygens (including phenoxy) is 2. The molecule has 0 aromatic heterocycles. The van der Waals surface area contributed by atoms with E-state index in [0.29, 0.717) is 16.9 Å². The van der Waals surface area contributed by atoms with Crippen LogP contribution in [0, 0.1) is 22.7 Å². The van der Waals surface area contributed by atoms with Crippen LogP contribution in [-0.2, 0) is 9.47 Å². The van der Waals surface area contributed by atoms with Gasteiger partial charge in [-0.3, -0.25) is 0 Å². The van der Waals surface area contributed by atoms with Gasteiger partial charge in [0.05, 0.1) is 19.3 Å². The molecule has 18 heavy (non-hydrogen) atoms. The quantitative estimate of drug-likeness (QED) is 0.760. The summed E-state index contributed by atoms with van der Waals surface area (Å²) in [6, 6.07) is 0. The topological polar surface area (TPSA) is 18.5 Å². The van der Waals surface area contributed by atoms with Crippen molar-refractivity contribution in [1.29, 1.82) is 0 Å². The third-order valence-electron chi connectivity index (χ3n) is 5.09. The van der Waals surface area contributed by atoms with E-state index in [2.05, 4.69) is 34.6 Å². The highest BCUT2D eigenvalue weighted by molar-refractivity contribution is 4.88. The van der Waals surface area contributed by atoms with Gasteiger partial charge in [0, 0.05) is 12.5 Å². The van der Waals surface area contributed by atoms with Crippen molar-refractivity contribution in [3.05, 3.63) is 0 Å².